The molecule has 0 unspecified atom stereocenters. The van der Waals surface area contributed by atoms with Crippen LogP contribution in [-0.4, -0.2) is 37.0 Å². The van der Waals surface area contributed by atoms with E-state index in [-0.39, 0.29) is 24.8 Å². The normalized spacial score (nSPS) is 12.4. The maximum Gasteiger partial charge on any atom is 0.430 e. The van der Waals surface area contributed by atoms with Gasteiger partial charge in [0.1, 0.15) is 5.71 Å². The molecule has 8 heteroatoms. The van der Waals surface area contributed by atoms with E-state index in [4.69, 9.17) is 0 Å². The Labute approximate surface area is 150 Å². The lowest BCUT2D eigenvalue weighted by Gasteiger charge is -2.19. The number of ether oxygens (including phenoxy) is 2. The van der Waals surface area contributed by atoms with Gasteiger partial charge < -0.3 is 9.47 Å². The third-order valence-corrected chi connectivity index (χ3v) is 3.42. The Kier molecular flexibility index (Phi) is 7.79. The fourth-order valence-corrected chi connectivity index (χ4v) is 2.14. The summed E-state index contributed by atoms with van der Waals surface area (Å²) in [4.78, 5) is 27.5. The van der Waals surface area contributed by atoms with Crippen LogP contribution in [0.15, 0.2) is 29.3 Å². The third-order valence-electron chi connectivity index (χ3n) is 3.42. The van der Waals surface area contributed by atoms with Crippen LogP contribution < -0.4 is 0 Å². The second kappa shape index (κ2) is 9.35. The average Bonchev–Trinajstić information content (AvgIpc) is 2.54. The Hall–Kier alpha value is -2.38. The van der Waals surface area contributed by atoms with Gasteiger partial charge in [-0.1, -0.05) is 26.0 Å². The van der Waals surface area contributed by atoms with Gasteiger partial charge in [-0.2, -0.15) is 13.2 Å². The number of nitrogens with zero attached hydrogens (tertiary/aromatic N) is 1. The monoisotopic (exact) mass is 373 g/mol. The molecule has 1 aromatic carbocycles. The smallest absolute Gasteiger partial charge is 0.430 e. The Bertz CT molecular complexity index is 633. The van der Waals surface area contributed by atoms with E-state index >= 15 is 0 Å². The van der Waals surface area contributed by atoms with Crippen LogP contribution >= 0.6 is 0 Å². The Morgan fingerprint density at radius 1 is 1.00 bits per heavy atom. The van der Waals surface area contributed by atoms with Gasteiger partial charge in [0.15, 0.2) is 0 Å². The van der Waals surface area contributed by atoms with Gasteiger partial charge in [-0.25, -0.2) is 4.99 Å². The molecule has 0 bridgehead atoms. The van der Waals surface area contributed by atoms with Gasteiger partial charge in [0.2, 0.25) is 5.92 Å². The maximum atomic E-state index is 13.5. The molecule has 144 valence electrons. The molecular formula is C18H22F3NO4. The van der Waals surface area contributed by atoms with Gasteiger partial charge in [0.05, 0.1) is 18.9 Å². The summed E-state index contributed by atoms with van der Waals surface area (Å²) in [5, 5.41) is 0. The molecule has 1 rings (SSSR count). The summed E-state index contributed by atoms with van der Waals surface area (Å²) in [5.41, 5.74) is -0.670. The van der Waals surface area contributed by atoms with E-state index < -0.39 is 29.7 Å². The molecule has 0 saturated heterocycles. The van der Waals surface area contributed by atoms with Crippen LogP contribution in [0, 0.1) is 5.92 Å². The highest BCUT2D eigenvalue weighted by atomic mass is 19.4. The predicted octanol–water partition coefficient (Wildman–Crippen LogP) is 4.19. The largest absolute Gasteiger partial charge is 0.465 e. The summed E-state index contributed by atoms with van der Waals surface area (Å²) >= 11 is 0. The van der Waals surface area contributed by atoms with Crippen molar-refractivity contribution < 1.29 is 32.2 Å². The van der Waals surface area contributed by atoms with E-state index in [1.54, 1.807) is 12.1 Å². The highest BCUT2D eigenvalue weighted by molar-refractivity contribution is 6.19. The van der Waals surface area contributed by atoms with E-state index in [1.807, 2.05) is 13.8 Å². The first-order chi connectivity index (χ1) is 12.1. The summed E-state index contributed by atoms with van der Waals surface area (Å²) in [6.45, 7) is 6.38. The van der Waals surface area contributed by atoms with Crippen LogP contribution in [0.2, 0.25) is 0 Å². The predicted molar refractivity (Wildman–Crippen MR) is 90.4 cm³/mol. The molecule has 26 heavy (non-hydrogen) atoms. The van der Waals surface area contributed by atoms with Gasteiger partial charge in [-0.05, 0) is 37.5 Å². The van der Waals surface area contributed by atoms with Gasteiger partial charge in [-0.3, -0.25) is 9.59 Å². The Balaban J connectivity index is 3.39. The maximum absolute atomic E-state index is 13.5. The standard InChI is InChI=1S/C18H22F3NO4/c1-5-25-16(23)14(17(24)26-6-2)15(18(19,20)21)22-13-9-7-12(8-10-13)11(3)4/h7-11,14H,5-6H2,1-4H3. The van der Waals surface area contributed by atoms with Crippen molar-refractivity contribution in [2.75, 3.05) is 13.2 Å². The first-order valence-corrected chi connectivity index (χ1v) is 8.20. The average molecular weight is 373 g/mol. The fourth-order valence-electron chi connectivity index (χ4n) is 2.14. The quantitative estimate of drug-likeness (QED) is 0.408. The van der Waals surface area contributed by atoms with Crippen molar-refractivity contribution in [2.45, 2.75) is 39.8 Å². The number of rotatable bonds is 7. The second-order valence-electron chi connectivity index (χ2n) is 5.68. The summed E-state index contributed by atoms with van der Waals surface area (Å²) in [6, 6.07) is 6.07. The molecule has 0 aromatic heterocycles. The van der Waals surface area contributed by atoms with E-state index in [1.165, 1.54) is 26.0 Å². The molecule has 0 N–H and O–H groups in total. The van der Waals surface area contributed by atoms with E-state index in [9.17, 15) is 22.8 Å². The van der Waals surface area contributed by atoms with Crippen molar-refractivity contribution in [1.29, 1.82) is 0 Å². The Morgan fingerprint density at radius 3 is 1.81 bits per heavy atom. The van der Waals surface area contributed by atoms with Crippen molar-refractivity contribution in [3.05, 3.63) is 29.8 Å². The van der Waals surface area contributed by atoms with Crippen molar-refractivity contribution in [1.82, 2.24) is 0 Å². The van der Waals surface area contributed by atoms with Crippen LogP contribution in [0.5, 0.6) is 0 Å². The van der Waals surface area contributed by atoms with Crippen LogP contribution in [0.1, 0.15) is 39.2 Å². The minimum absolute atomic E-state index is 0.0275. The highest BCUT2D eigenvalue weighted by Crippen LogP contribution is 2.28. The third kappa shape index (κ3) is 5.86. The lowest BCUT2D eigenvalue weighted by molar-refractivity contribution is -0.159. The van der Waals surface area contributed by atoms with Gasteiger partial charge in [-0.15, -0.1) is 0 Å². The number of halogens is 3. The molecule has 0 spiro atoms. The van der Waals surface area contributed by atoms with Crippen molar-refractivity contribution in [3.63, 3.8) is 0 Å². The molecule has 0 atom stereocenters. The molecule has 1 aromatic rings. The lowest BCUT2D eigenvalue weighted by atomic mass is 10.0. The number of hydrogen-bond donors (Lipinski definition) is 0. The number of carbonyl (C=O) groups excluding carboxylic acids is 2. The van der Waals surface area contributed by atoms with E-state index in [2.05, 4.69) is 14.5 Å². The molecule has 0 aliphatic rings. The number of carbonyl (C=O) groups is 2. The topological polar surface area (TPSA) is 65.0 Å². The number of benzene rings is 1. The van der Waals surface area contributed by atoms with Crippen molar-refractivity contribution in [2.24, 2.45) is 10.9 Å². The molecule has 5 nitrogen and oxygen atoms in total. The summed E-state index contributed by atoms with van der Waals surface area (Å²) in [7, 11) is 0. The number of aliphatic imine (C=N–C) groups is 1. The SMILES string of the molecule is CCOC(=O)C(C(=O)OCC)C(=Nc1ccc(C(C)C)cc1)C(F)(F)F. The van der Waals surface area contributed by atoms with Crippen molar-refractivity contribution >= 4 is 23.3 Å². The lowest BCUT2D eigenvalue weighted by Crippen LogP contribution is -2.42. The minimum atomic E-state index is -5.01. The highest BCUT2D eigenvalue weighted by Gasteiger charge is 2.49. The molecule has 0 aliphatic carbocycles. The van der Waals surface area contributed by atoms with Crippen LogP contribution in [-0.2, 0) is 19.1 Å². The number of alkyl halides is 3. The Morgan fingerprint density at radius 2 is 1.46 bits per heavy atom. The van der Waals surface area contributed by atoms with Crippen LogP contribution in [0.25, 0.3) is 0 Å². The van der Waals surface area contributed by atoms with Gasteiger partial charge in [0, 0.05) is 0 Å². The van der Waals surface area contributed by atoms with Crippen LogP contribution in [0.4, 0.5) is 18.9 Å². The molecule has 0 heterocycles. The summed E-state index contributed by atoms with van der Waals surface area (Å²) < 4.78 is 49.8. The molecule has 0 saturated carbocycles. The zero-order valence-electron chi connectivity index (χ0n) is 15.1. The summed E-state index contributed by atoms with van der Waals surface area (Å²) in [5.74, 6) is -4.79. The zero-order valence-corrected chi connectivity index (χ0v) is 15.1. The van der Waals surface area contributed by atoms with Gasteiger partial charge in [0.25, 0.3) is 0 Å². The summed E-state index contributed by atoms with van der Waals surface area (Å²) in [6.07, 6.45) is -5.01. The second-order valence-corrected chi connectivity index (χ2v) is 5.68. The van der Waals surface area contributed by atoms with E-state index in [0.717, 1.165) is 5.56 Å². The molecule has 0 amide bonds. The minimum Gasteiger partial charge on any atom is -0.465 e. The molecule has 0 aliphatic heterocycles. The number of esters is 2. The molecular weight excluding hydrogens is 351 g/mol. The number of hydrogen-bond acceptors (Lipinski definition) is 5. The first kappa shape index (κ1) is 21.7. The molecule has 0 radical (unpaired) electrons. The zero-order chi connectivity index (χ0) is 19.9. The van der Waals surface area contributed by atoms with Crippen LogP contribution in [0.3, 0.4) is 0 Å². The van der Waals surface area contributed by atoms with Crippen molar-refractivity contribution in [3.8, 4) is 0 Å². The molecule has 0 fully saturated rings. The fraction of sp³-hybridized carbons (Fsp3) is 0.500. The first-order valence-electron chi connectivity index (χ1n) is 8.20. The van der Waals surface area contributed by atoms with E-state index in [0.29, 0.717) is 0 Å². The van der Waals surface area contributed by atoms with Gasteiger partial charge >= 0.3 is 18.1 Å².